The molecular weight excluding hydrogens is 480 g/mol. The number of pyridine rings is 1. The number of aliphatic hydroxyl groups is 1. The molecule has 0 aliphatic carbocycles. The van der Waals surface area contributed by atoms with Crippen LogP contribution in [0.1, 0.15) is 35.3 Å². The highest BCUT2D eigenvalue weighted by Gasteiger charge is 2.31. The summed E-state index contributed by atoms with van der Waals surface area (Å²) in [6.07, 6.45) is 3.05. The monoisotopic (exact) mass is 516 g/mol. The predicted octanol–water partition coefficient (Wildman–Crippen LogP) is 3.61. The van der Waals surface area contributed by atoms with E-state index in [1.165, 1.54) is 5.56 Å². The molecule has 1 aliphatic rings. The van der Waals surface area contributed by atoms with E-state index in [1.54, 1.807) is 41.6 Å². The molecule has 38 heavy (non-hydrogen) atoms. The Hall–Kier alpha value is -3.75. The Morgan fingerprint density at radius 1 is 1.18 bits per heavy atom. The van der Waals surface area contributed by atoms with E-state index in [0.717, 1.165) is 6.54 Å². The fourth-order valence-electron chi connectivity index (χ4n) is 4.70. The summed E-state index contributed by atoms with van der Waals surface area (Å²) < 4.78 is 6.59. The molecule has 2 N–H and O–H groups in total. The minimum absolute atomic E-state index is 0.0168. The number of likely N-dealkylation sites (N-methyl/N-ethyl adjacent to an activating group) is 1. The first-order valence-corrected chi connectivity index (χ1v) is 13.0. The van der Waals surface area contributed by atoms with Gasteiger partial charge < -0.3 is 20.1 Å². The van der Waals surface area contributed by atoms with Crippen molar-refractivity contribution >= 4 is 17.5 Å². The summed E-state index contributed by atoms with van der Waals surface area (Å²) in [5.74, 6) is 0.304. The quantitative estimate of drug-likeness (QED) is 0.475. The van der Waals surface area contributed by atoms with Crippen molar-refractivity contribution in [2.24, 2.45) is 5.92 Å². The van der Waals surface area contributed by atoms with Gasteiger partial charge in [0.2, 0.25) is 5.91 Å². The molecule has 0 radical (unpaired) electrons. The van der Waals surface area contributed by atoms with Crippen molar-refractivity contribution in [1.82, 2.24) is 14.8 Å². The van der Waals surface area contributed by atoms with Crippen LogP contribution in [-0.2, 0) is 17.8 Å². The van der Waals surface area contributed by atoms with Gasteiger partial charge in [-0.3, -0.25) is 19.5 Å². The van der Waals surface area contributed by atoms with Gasteiger partial charge in [-0.1, -0.05) is 37.3 Å². The Bertz CT molecular complexity index is 1220. The molecule has 2 heterocycles. The number of nitrogens with zero attached hydrogens (tertiary/aromatic N) is 3. The zero-order valence-electron chi connectivity index (χ0n) is 22.2. The summed E-state index contributed by atoms with van der Waals surface area (Å²) in [6, 6.07) is 18.7. The summed E-state index contributed by atoms with van der Waals surface area (Å²) in [7, 11) is 2.06. The van der Waals surface area contributed by atoms with Crippen molar-refractivity contribution in [2.45, 2.75) is 39.0 Å². The first kappa shape index (κ1) is 27.3. The topological polar surface area (TPSA) is 95.0 Å². The lowest BCUT2D eigenvalue weighted by molar-refractivity contribution is -0.134. The molecule has 0 unspecified atom stereocenters. The number of aromatic nitrogens is 1. The first-order chi connectivity index (χ1) is 18.3. The number of fused-ring (bicyclic) bond motifs is 1. The second-order valence-corrected chi connectivity index (χ2v) is 10.1. The van der Waals surface area contributed by atoms with Crippen LogP contribution in [0.3, 0.4) is 0 Å². The van der Waals surface area contributed by atoms with Crippen LogP contribution in [0, 0.1) is 5.92 Å². The summed E-state index contributed by atoms with van der Waals surface area (Å²) in [5, 5.41) is 12.8. The van der Waals surface area contributed by atoms with Crippen LogP contribution in [0.2, 0.25) is 0 Å². The number of amides is 2. The van der Waals surface area contributed by atoms with Crippen LogP contribution in [-0.4, -0.2) is 70.6 Å². The van der Waals surface area contributed by atoms with Crippen LogP contribution in [0.25, 0.3) is 0 Å². The summed E-state index contributed by atoms with van der Waals surface area (Å²) in [4.78, 5) is 34.0. The number of anilines is 1. The smallest absolute Gasteiger partial charge is 0.255 e. The molecular formula is C30H36N4O4. The molecule has 1 aromatic heterocycles. The molecule has 4 rings (SSSR count). The molecule has 2 aromatic carbocycles. The van der Waals surface area contributed by atoms with Crippen LogP contribution in [0.5, 0.6) is 5.75 Å². The van der Waals surface area contributed by atoms with Crippen molar-refractivity contribution in [3.63, 3.8) is 0 Å². The van der Waals surface area contributed by atoms with Crippen LogP contribution in [0.4, 0.5) is 5.69 Å². The van der Waals surface area contributed by atoms with E-state index in [4.69, 9.17) is 4.74 Å². The maximum absolute atomic E-state index is 13.4. The van der Waals surface area contributed by atoms with Crippen LogP contribution >= 0.6 is 0 Å². The van der Waals surface area contributed by atoms with E-state index in [2.05, 4.69) is 41.3 Å². The van der Waals surface area contributed by atoms with Crippen molar-refractivity contribution in [3.05, 3.63) is 89.7 Å². The van der Waals surface area contributed by atoms with Crippen LogP contribution < -0.4 is 10.1 Å². The maximum Gasteiger partial charge on any atom is 0.255 e. The third kappa shape index (κ3) is 6.96. The highest BCUT2D eigenvalue weighted by Crippen LogP contribution is 2.29. The minimum Gasteiger partial charge on any atom is -0.488 e. The molecule has 0 bridgehead atoms. The lowest BCUT2D eigenvalue weighted by atomic mass is 10.0. The molecule has 0 saturated heterocycles. The Labute approximate surface area is 224 Å². The fraction of sp³-hybridized carbons (Fsp3) is 0.367. The summed E-state index contributed by atoms with van der Waals surface area (Å²) in [6.45, 7) is 5.73. The van der Waals surface area contributed by atoms with Gasteiger partial charge in [-0.15, -0.1) is 0 Å². The molecule has 8 heteroatoms. The number of nitrogens with one attached hydrogen (secondary N) is 1. The average molecular weight is 517 g/mol. The van der Waals surface area contributed by atoms with Gasteiger partial charge in [-0.2, -0.15) is 0 Å². The van der Waals surface area contributed by atoms with Crippen molar-refractivity contribution < 1.29 is 19.4 Å². The first-order valence-electron chi connectivity index (χ1n) is 13.0. The van der Waals surface area contributed by atoms with E-state index in [1.807, 2.05) is 31.2 Å². The van der Waals surface area contributed by atoms with Gasteiger partial charge in [-0.05, 0) is 49.9 Å². The average Bonchev–Trinajstić information content (AvgIpc) is 2.97. The standard InChI is InChI=1S/C30H36N4O4/c1-21-17-34(22(2)20-35)29(36)16-25-15-26(32-30(37)24-11-13-31-14-12-24)9-10-27(25)38-28(21)19-33(3)18-23-7-5-4-6-8-23/h4-15,21-22,28,35H,16-20H2,1-3H3,(H,32,37)/t21-,22+,28-/m1/s1. The molecule has 8 nitrogen and oxygen atoms in total. The van der Waals surface area contributed by atoms with Gasteiger partial charge in [0.1, 0.15) is 11.9 Å². The highest BCUT2D eigenvalue weighted by atomic mass is 16.5. The Balaban J connectivity index is 1.60. The summed E-state index contributed by atoms with van der Waals surface area (Å²) >= 11 is 0. The lowest BCUT2D eigenvalue weighted by Gasteiger charge is -2.34. The largest absolute Gasteiger partial charge is 0.488 e. The number of rotatable bonds is 8. The molecule has 1 aliphatic heterocycles. The Kier molecular flexibility index (Phi) is 9.10. The number of hydrogen-bond acceptors (Lipinski definition) is 6. The maximum atomic E-state index is 13.4. The number of ether oxygens (including phenoxy) is 1. The number of aliphatic hydroxyl groups excluding tert-OH is 1. The lowest BCUT2D eigenvalue weighted by Crippen LogP contribution is -2.47. The molecule has 200 valence electrons. The van der Waals surface area contributed by atoms with Crippen molar-refractivity contribution in [2.75, 3.05) is 32.1 Å². The number of carbonyl (C=O) groups excluding carboxylic acids is 2. The van der Waals surface area contributed by atoms with E-state index >= 15 is 0 Å². The Morgan fingerprint density at radius 3 is 2.63 bits per heavy atom. The van der Waals surface area contributed by atoms with E-state index in [-0.39, 0.29) is 42.9 Å². The van der Waals surface area contributed by atoms with Crippen LogP contribution in [0.15, 0.2) is 73.1 Å². The predicted molar refractivity (Wildman–Crippen MR) is 147 cm³/mol. The highest BCUT2D eigenvalue weighted by molar-refractivity contribution is 6.04. The number of carbonyl (C=O) groups is 2. The zero-order chi connectivity index (χ0) is 27.1. The van der Waals surface area contributed by atoms with E-state index < -0.39 is 0 Å². The van der Waals surface area contributed by atoms with Gasteiger partial charge in [0.25, 0.3) is 5.91 Å². The van der Waals surface area contributed by atoms with Gasteiger partial charge in [0, 0.05) is 54.8 Å². The SMILES string of the molecule is C[C@@H]1CN([C@@H](C)CO)C(=O)Cc2cc(NC(=O)c3ccncc3)ccc2O[C@@H]1CN(C)Cc1ccccc1. The number of benzene rings is 2. The zero-order valence-corrected chi connectivity index (χ0v) is 22.2. The molecule has 0 spiro atoms. The Morgan fingerprint density at radius 2 is 1.92 bits per heavy atom. The minimum atomic E-state index is -0.316. The number of hydrogen-bond donors (Lipinski definition) is 2. The van der Waals surface area contributed by atoms with Gasteiger partial charge in [-0.25, -0.2) is 0 Å². The third-order valence-electron chi connectivity index (χ3n) is 6.90. The van der Waals surface area contributed by atoms with Crippen molar-refractivity contribution in [1.29, 1.82) is 0 Å². The van der Waals surface area contributed by atoms with Gasteiger partial charge in [0.15, 0.2) is 0 Å². The molecule has 2 amide bonds. The van der Waals surface area contributed by atoms with E-state index in [9.17, 15) is 14.7 Å². The van der Waals surface area contributed by atoms with Crippen molar-refractivity contribution in [3.8, 4) is 5.75 Å². The third-order valence-corrected chi connectivity index (χ3v) is 6.90. The van der Waals surface area contributed by atoms with E-state index in [0.29, 0.717) is 35.7 Å². The summed E-state index contributed by atoms with van der Waals surface area (Å²) in [5.41, 5.74) is 2.98. The normalized spacial score (nSPS) is 18.6. The molecule has 0 fully saturated rings. The second kappa shape index (κ2) is 12.7. The molecule has 3 atom stereocenters. The van der Waals surface area contributed by atoms with Gasteiger partial charge in [0.05, 0.1) is 19.1 Å². The van der Waals surface area contributed by atoms with Gasteiger partial charge >= 0.3 is 0 Å². The fourth-order valence-corrected chi connectivity index (χ4v) is 4.70. The second-order valence-electron chi connectivity index (χ2n) is 10.1. The molecule has 3 aromatic rings. The molecule has 0 saturated carbocycles.